The number of nitrogens with zero attached hydrogens (tertiary/aromatic N) is 3. The van der Waals surface area contributed by atoms with Gasteiger partial charge in [0.25, 0.3) is 5.91 Å². The topological polar surface area (TPSA) is 119 Å². The predicted octanol–water partition coefficient (Wildman–Crippen LogP) is 4.99. The summed E-state index contributed by atoms with van der Waals surface area (Å²) in [7, 11) is -4.17. The van der Waals surface area contributed by atoms with Crippen LogP contribution in [-0.4, -0.2) is 28.9 Å². The van der Waals surface area contributed by atoms with Crippen LogP contribution in [0.1, 0.15) is 21.6 Å². The van der Waals surface area contributed by atoms with Gasteiger partial charge in [-0.15, -0.1) is 0 Å². The number of halogens is 7. The number of nitrogens with two attached hydrogens (primary N) is 1. The van der Waals surface area contributed by atoms with Gasteiger partial charge in [0.05, 0.1) is 33.1 Å². The highest BCUT2D eigenvalue weighted by atomic mass is 35.5. The fourth-order valence-electron chi connectivity index (χ4n) is 3.27. The van der Waals surface area contributed by atoms with Crippen LogP contribution in [0.2, 0.25) is 5.02 Å². The van der Waals surface area contributed by atoms with Crippen LogP contribution in [-0.2, 0) is 22.4 Å². The monoisotopic (exact) mass is 563 g/mol. The van der Waals surface area contributed by atoms with Crippen LogP contribution in [0, 0.1) is 0 Å². The highest BCUT2D eigenvalue weighted by molar-refractivity contribution is 7.89. The van der Waals surface area contributed by atoms with E-state index in [1.807, 2.05) is 0 Å². The van der Waals surface area contributed by atoms with Crippen LogP contribution in [0.15, 0.2) is 59.6 Å². The average molecular weight is 564 g/mol. The molecule has 194 valence electrons. The Morgan fingerprint density at radius 2 is 1.62 bits per heavy atom. The molecular weight excluding hydrogens is 552 g/mol. The van der Waals surface area contributed by atoms with E-state index in [0.29, 0.717) is 22.7 Å². The molecule has 0 radical (unpaired) electrons. The molecule has 1 amide bonds. The van der Waals surface area contributed by atoms with Gasteiger partial charge in [-0.25, -0.2) is 23.1 Å². The van der Waals surface area contributed by atoms with Crippen LogP contribution >= 0.6 is 11.6 Å². The molecule has 0 atom stereocenters. The Morgan fingerprint density at radius 3 is 2.19 bits per heavy atom. The van der Waals surface area contributed by atoms with E-state index in [-0.39, 0.29) is 22.0 Å². The van der Waals surface area contributed by atoms with Crippen molar-refractivity contribution < 1.29 is 39.6 Å². The third-order valence-electron chi connectivity index (χ3n) is 5.03. The van der Waals surface area contributed by atoms with Crippen molar-refractivity contribution in [1.29, 1.82) is 0 Å². The smallest absolute Gasteiger partial charge is 0.320 e. The number of anilines is 1. The Morgan fingerprint density at radius 1 is 0.973 bits per heavy atom. The van der Waals surface area contributed by atoms with Gasteiger partial charge in [-0.2, -0.15) is 31.4 Å². The van der Waals surface area contributed by atoms with Crippen LogP contribution in [0.25, 0.3) is 16.9 Å². The molecular formula is C21H12ClF6N5O3S. The lowest BCUT2D eigenvalue weighted by Crippen LogP contribution is -2.16. The Labute approximate surface area is 208 Å². The van der Waals surface area contributed by atoms with Crippen molar-refractivity contribution in [1.82, 2.24) is 14.6 Å². The summed E-state index contributed by atoms with van der Waals surface area (Å²) in [6.07, 6.45) is -8.85. The Bertz CT molecular complexity index is 1630. The molecule has 3 N–H and O–H groups in total. The molecule has 37 heavy (non-hydrogen) atoms. The maximum atomic E-state index is 13.8. The van der Waals surface area contributed by atoms with Gasteiger partial charge < -0.3 is 5.32 Å². The zero-order chi connectivity index (χ0) is 27.3. The van der Waals surface area contributed by atoms with Crippen LogP contribution < -0.4 is 10.5 Å². The number of carbonyl (C=O) groups is 1. The lowest BCUT2D eigenvalue weighted by Gasteiger charge is -2.13. The van der Waals surface area contributed by atoms with Crippen LogP contribution in [0.5, 0.6) is 0 Å². The van der Waals surface area contributed by atoms with E-state index in [4.69, 9.17) is 16.7 Å². The highest BCUT2D eigenvalue weighted by Crippen LogP contribution is 2.35. The van der Waals surface area contributed by atoms with Crippen molar-refractivity contribution in [3.8, 4) is 11.3 Å². The van der Waals surface area contributed by atoms with Crippen molar-refractivity contribution >= 4 is 38.9 Å². The number of aromatic nitrogens is 3. The molecule has 0 aliphatic carbocycles. The van der Waals surface area contributed by atoms with Gasteiger partial charge in [0.1, 0.15) is 5.56 Å². The molecule has 16 heteroatoms. The second-order valence-electron chi connectivity index (χ2n) is 7.53. The summed E-state index contributed by atoms with van der Waals surface area (Å²) >= 11 is 5.99. The number of benzene rings is 2. The van der Waals surface area contributed by atoms with Gasteiger partial charge in [-0.1, -0.05) is 23.7 Å². The van der Waals surface area contributed by atoms with E-state index in [1.165, 1.54) is 0 Å². The molecule has 0 bridgehead atoms. The second-order valence-corrected chi connectivity index (χ2v) is 9.50. The van der Waals surface area contributed by atoms with Gasteiger partial charge in [-0.3, -0.25) is 4.79 Å². The number of primary sulfonamides is 1. The zero-order valence-corrected chi connectivity index (χ0v) is 19.5. The van der Waals surface area contributed by atoms with E-state index in [9.17, 15) is 39.6 Å². The Balaban J connectivity index is 1.82. The molecule has 4 rings (SSSR count). The van der Waals surface area contributed by atoms with E-state index >= 15 is 0 Å². The number of sulfonamides is 1. The summed E-state index contributed by atoms with van der Waals surface area (Å²) < 4.78 is 104. The number of carbonyl (C=O) groups excluding carboxylic acids is 1. The van der Waals surface area contributed by atoms with Gasteiger partial charge in [-0.05, 0) is 36.4 Å². The van der Waals surface area contributed by atoms with Crippen LogP contribution in [0.4, 0.5) is 32.0 Å². The SMILES string of the molecule is NS(=O)(=O)c1ccc(Cl)c(NC(=O)c2cnn3c(C(F)(F)F)cc(-c4ccc(C(F)(F)F)cc4)nc23)c1. The summed E-state index contributed by atoms with van der Waals surface area (Å²) in [5, 5.41) is 10.8. The summed E-state index contributed by atoms with van der Waals surface area (Å²) in [4.78, 5) is 16.5. The van der Waals surface area contributed by atoms with Crippen molar-refractivity contribution in [2.45, 2.75) is 17.2 Å². The van der Waals surface area contributed by atoms with Crippen molar-refractivity contribution in [3.63, 3.8) is 0 Å². The number of amides is 1. The molecule has 0 fully saturated rings. The standard InChI is InChI=1S/C21H12ClF6N5O3S/c22-14-6-5-12(37(29,35)36)7-16(14)32-19(34)13-9-30-33-17(21(26,27)28)8-15(31-18(13)33)10-1-3-11(4-2-10)20(23,24)25/h1-9H,(H,32,34)(H2,29,35,36). The molecule has 0 saturated carbocycles. The average Bonchev–Trinajstić information content (AvgIpc) is 3.22. The first-order valence-electron chi connectivity index (χ1n) is 9.83. The molecule has 8 nitrogen and oxygen atoms in total. The number of rotatable bonds is 4. The molecule has 2 aromatic carbocycles. The molecule has 0 aliphatic heterocycles. The first kappa shape index (κ1) is 26.4. The molecule has 2 heterocycles. The third-order valence-corrected chi connectivity index (χ3v) is 6.27. The number of nitrogens with one attached hydrogen (secondary N) is 1. The van der Waals surface area contributed by atoms with Crippen molar-refractivity contribution in [3.05, 3.63) is 76.6 Å². The minimum Gasteiger partial charge on any atom is -0.320 e. The fourth-order valence-corrected chi connectivity index (χ4v) is 3.97. The molecule has 0 unspecified atom stereocenters. The van der Waals surface area contributed by atoms with Crippen molar-refractivity contribution in [2.24, 2.45) is 5.14 Å². The normalized spacial score (nSPS) is 12.6. The summed E-state index contributed by atoms with van der Waals surface area (Å²) in [6, 6.07) is 6.98. The number of fused-ring (bicyclic) bond motifs is 1. The van der Waals surface area contributed by atoms with Crippen LogP contribution in [0.3, 0.4) is 0 Å². The van der Waals surface area contributed by atoms with E-state index in [1.54, 1.807) is 0 Å². The first-order chi connectivity index (χ1) is 17.1. The summed E-state index contributed by atoms with van der Waals surface area (Å²) in [5.41, 5.74) is -4.07. The van der Waals surface area contributed by atoms with Crippen molar-refractivity contribution in [2.75, 3.05) is 5.32 Å². The molecule has 4 aromatic rings. The first-order valence-corrected chi connectivity index (χ1v) is 11.8. The summed E-state index contributed by atoms with van der Waals surface area (Å²) in [5.74, 6) is -1.05. The number of hydrogen-bond donors (Lipinski definition) is 2. The minimum atomic E-state index is -4.98. The molecule has 2 aromatic heterocycles. The lowest BCUT2D eigenvalue weighted by atomic mass is 10.1. The van der Waals surface area contributed by atoms with E-state index < -0.39 is 55.6 Å². The number of alkyl halides is 6. The van der Waals surface area contributed by atoms with E-state index in [2.05, 4.69) is 15.4 Å². The Kier molecular flexibility index (Phi) is 6.42. The van der Waals surface area contributed by atoms with E-state index in [0.717, 1.165) is 36.5 Å². The molecule has 0 spiro atoms. The van der Waals surface area contributed by atoms with Gasteiger partial charge in [0.15, 0.2) is 11.3 Å². The summed E-state index contributed by atoms with van der Waals surface area (Å²) in [6.45, 7) is 0. The third kappa shape index (κ3) is 5.38. The quantitative estimate of drug-likeness (QED) is 0.339. The predicted molar refractivity (Wildman–Crippen MR) is 119 cm³/mol. The molecule has 0 saturated heterocycles. The maximum absolute atomic E-state index is 13.8. The maximum Gasteiger partial charge on any atom is 0.433 e. The fraction of sp³-hybridized carbons (Fsp3) is 0.0952. The van der Waals surface area contributed by atoms with Gasteiger partial charge in [0.2, 0.25) is 10.0 Å². The Hall–Kier alpha value is -3.69. The van der Waals surface area contributed by atoms with Gasteiger partial charge in [0, 0.05) is 5.56 Å². The minimum absolute atomic E-state index is 0.0857. The largest absolute Gasteiger partial charge is 0.433 e. The van der Waals surface area contributed by atoms with Gasteiger partial charge >= 0.3 is 12.4 Å². The highest BCUT2D eigenvalue weighted by Gasteiger charge is 2.36. The number of hydrogen-bond acceptors (Lipinski definition) is 5. The lowest BCUT2D eigenvalue weighted by molar-refractivity contribution is -0.142. The zero-order valence-electron chi connectivity index (χ0n) is 17.9. The second kappa shape index (κ2) is 9.00. The molecule has 0 aliphatic rings.